The zero-order valence-corrected chi connectivity index (χ0v) is 24.7. The number of hydrogen-bond donors (Lipinski definition) is 2. The van der Waals surface area contributed by atoms with Crippen molar-refractivity contribution in [3.63, 3.8) is 0 Å². The molecule has 3 rings (SSSR count). The van der Waals surface area contributed by atoms with Crippen LogP contribution in [-0.2, 0) is 25.0 Å². The fourth-order valence-corrected chi connectivity index (χ4v) is 4.13. The summed E-state index contributed by atoms with van der Waals surface area (Å²) in [6, 6.07) is 9.65. The fourth-order valence-electron chi connectivity index (χ4n) is 2.77. The second-order valence-electron chi connectivity index (χ2n) is 6.27. The van der Waals surface area contributed by atoms with Crippen molar-refractivity contribution < 1.29 is 117 Å². The summed E-state index contributed by atoms with van der Waals surface area (Å²) in [5.74, 6) is -1.22. The Morgan fingerprint density at radius 1 is 0.941 bits per heavy atom. The number of phenols is 1. The van der Waals surface area contributed by atoms with Gasteiger partial charge in [-0.25, -0.2) is 16.8 Å². The zero-order valence-electron chi connectivity index (χ0n) is 17.9. The second kappa shape index (κ2) is 12.3. The third-order valence-corrected chi connectivity index (χ3v) is 5.93. The molecule has 0 spiro atoms. The molecule has 11 nitrogen and oxygen atoms in total. The number of nitrogens with one attached hydrogen (secondary N) is 1. The Labute approximate surface area is 259 Å². The Bertz CT molecular complexity index is 1510. The number of benzene rings is 3. The number of phenolic OH excluding ortho intramolecular Hbond substituents is 1. The summed E-state index contributed by atoms with van der Waals surface area (Å²) in [4.78, 5) is 10.0. The van der Waals surface area contributed by atoms with Gasteiger partial charge in [0.15, 0.2) is 5.75 Å². The van der Waals surface area contributed by atoms with Gasteiger partial charge >= 0.3 is 80.9 Å². The maximum absolute atomic E-state index is 11.6. The van der Waals surface area contributed by atoms with E-state index < -0.39 is 41.7 Å². The third kappa shape index (κ3) is 7.25. The molecule has 1 amide bonds. The van der Waals surface area contributed by atoms with Crippen LogP contribution >= 0.6 is 0 Å². The molecule has 166 valence electrons. The van der Waals surface area contributed by atoms with Gasteiger partial charge in [-0.15, -0.1) is 5.11 Å². The van der Waals surface area contributed by atoms with Crippen LogP contribution in [0.5, 0.6) is 5.75 Å². The van der Waals surface area contributed by atoms with Crippen LogP contribution in [0.25, 0.3) is 10.8 Å². The molecule has 0 aromatic heterocycles. The minimum atomic E-state index is -5.03. The topological polar surface area (TPSA) is 188 Å². The van der Waals surface area contributed by atoms with Crippen LogP contribution in [0.15, 0.2) is 81.2 Å². The van der Waals surface area contributed by atoms with Gasteiger partial charge in [-0.05, 0) is 30.3 Å². The van der Waals surface area contributed by atoms with Crippen LogP contribution in [0.1, 0.15) is 0 Å². The zero-order chi connectivity index (χ0) is 23.7. The molecule has 0 aliphatic heterocycles. The smallest absolute Gasteiger partial charge is 0.744 e. The molecule has 3 aromatic rings. The molecule has 34 heavy (non-hydrogen) atoms. The molecular formula is C19H13KN3NaO8S2. The number of aromatic hydroxyl groups is 1. The molecule has 0 aliphatic carbocycles. The van der Waals surface area contributed by atoms with Crippen molar-refractivity contribution in [2.24, 2.45) is 10.2 Å². The first-order chi connectivity index (χ1) is 14.9. The quantitative estimate of drug-likeness (QED) is 0.143. The summed E-state index contributed by atoms with van der Waals surface area (Å²) in [7, 11) is -9.96. The van der Waals surface area contributed by atoms with E-state index >= 15 is 0 Å². The number of anilines is 1. The Kier molecular flexibility index (Phi) is 11.2. The summed E-state index contributed by atoms with van der Waals surface area (Å²) < 4.78 is 69.6. The SMILES string of the molecule is C=CC(=O)Nc1ccc(N=Nc2cc(S(=O)(=O)[O-])c3ccccc3c2O)cc1S(=O)(=O)[O-].[K+].[Na+]. The largest absolute Gasteiger partial charge is 1.00 e. The van der Waals surface area contributed by atoms with Crippen molar-refractivity contribution in [2.75, 3.05) is 5.32 Å². The number of azo groups is 1. The Balaban J connectivity index is 0.00000289. The molecule has 3 aromatic carbocycles. The van der Waals surface area contributed by atoms with Gasteiger partial charge in [0.1, 0.15) is 25.9 Å². The number of carbonyl (C=O) groups is 1. The van der Waals surface area contributed by atoms with E-state index in [1.165, 1.54) is 30.3 Å². The Morgan fingerprint density at radius 2 is 1.53 bits per heavy atom. The van der Waals surface area contributed by atoms with Gasteiger partial charge < -0.3 is 19.5 Å². The van der Waals surface area contributed by atoms with E-state index in [1.807, 2.05) is 0 Å². The number of rotatable bonds is 6. The van der Waals surface area contributed by atoms with E-state index in [0.29, 0.717) is 0 Å². The van der Waals surface area contributed by atoms with Crippen molar-refractivity contribution in [3.8, 4) is 5.75 Å². The van der Waals surface area contributed by atoms with Crippen LogP contribution < -0.4 is 86.3 Å². The molecule has 0 fully saturated rings. The second-order valence-corrected chi connectivity index (χ2v) is 8.97. The maximum Gasteiger partial charge on any atom is 1.00 e. The van der Waals surface area contributed by atoms with Crippen molar-refractivity contribution in [2.45, 2.75) is 9.79 Å². The van der Waals surface area contributed by atoms with Crippen molar-refractivity contribution in [3.05, 3.63) is 61.2 Å². The van der Waals surface area contributed by atoms with Gasteiger partial charge in [0.05, 0.1) is 21.2 Å². The number of carbonyl (C=O) groups excluding carboxylic acids is 1. The first-order valence-electron chi connectivity index (χ1n) is 8.57. The predicted octanol–water partition coefficient (Wildman–Crippen LogP) is -3.10. The fraction of sp³-hybridized carbons (Fsp3) is 0. The average molecular weight is 538 g/mol. The first kappa shape index (κ1) is 31.0. The third-order valence-electron chi connectivity index (χ3n) is 4.18. The van der Waals surface area contributed by atoms with E-state index in [2.05, 4.69) is 22.1 Å². The van der Waals surface area contributed by atoms with Gasteiger partial charge in [0.2, 0.25) is 5.91 Å². The van der Waals surface area contributed by atoms with Crippen molar-refractivity contribution in [1.29, 1.82) is 0 Å². The van der Waals surface area contributed by atoms with E-state index in [1.54, 1.807) is 0 Å². The summed E-state index contributed by atoms with van der Waals surface area (Å²) in [6.07, 6.45) is 0.874. The van der Waals surface area contributed by atoms with E-state index in [4.69, 9.17) is 0 Å². The Morgan fingerprint density at radius 3 is 2.09 bits per heavy atom. The van der Waals surface area contributed by atoms with E-state index in [9.17, 15) is 35.8 Å². The summed E-state index contributed by atoms with van der Waals surface area (Å²) in [6.45, 7) is 3.22. The molecule has 0 heterocycles. The molecule has 0 saturated carbocycles. The molecule has 2 N–H and O–H groups in total. The molecular weight excluding hydrogens is 524 g/mol. The van der Waals surface area contributed by atoms with Gasteiger partial charge in [-0.1, -0.05) is 30.8 Å². The van der Waals surface area contributed by atoms with Crippen LogP contribution in [0.2, 0.25) is 0 Å². The van der Waals surface area contributed by atoms with Crippen molar-refractivity contribution in [1.82, 2.24) is 0 Å². The number of nitrogens with zero attached hydrogens (tertiary/aromatic N) is 2. The molecule has 0 atom stereocenters. The van der Waals surface area contributed by atoms with Gasteiger partial charge in [0.25, 0.3) is 0 Å². The molecule has 0 radical (unpaired) electrons. The van der Waals surface area contributed by atoms with E-state index in [-0.39, 0.29) is 109 Å². The van der Waals surface area contributed by atoms with E-state index in [0.717, 1.165) is 24.3 Å². The van der Waals surface area contributed by atoms with Gasteiger partial charge in [-0.3, -0.25) is 4.79 Å². The van der Waals surface area contributed by atoms with Crippen LogP contribution in [0, 0.1) is 0 Å². The minimum absolute atomic E-state index is 0. The van der Waals surface area contributed by atoms with Crippen LogP contribution in [-0.4, -0.2) is 37.0 Å². The normalized spacial score (nSPS) is 11.5. The summed E-state index contributed by atoms with van der Waals surface area (Å²) in [5, 5.41) is 20.0. The Hall–Kier alpha value is -1.01. The predicted molar refractivity (Wildman–Crippen MR) is 111 cm³/mol. The monoisotopic (exact) mass is 537 g/mol. The van der Waals surface area contributed by atoms with Crippen LogP contribution in [0.3, 0.4) is 0 Å². The molecule has 0 bridgehead atoms. The molecule has 0 saturated heterocycles. The van der Waals surface area contributed by atoms with Crippen LogP contribution in [0.4, 0.5) is 17.1 Å². The summed E-state index contributed by atoms with van der Waals surface area (Å²) >= 11 is 0. The van der Waals surface area contributed by atoms with Crippen molar-refractivity contribution >= 4 is 54.0 Å². The number of hydrogen-bond acceptors (Lipinski definition) is 10. The number of amides is 1. The maximum atomic E-state index is 11.6. The molecule has 0 unspecified atom stereocenters. The standard InChI is InChI=1S/C19H15N3O8S2.K.Na/c1-2-18(23)20-14-8-7-11(9-17(14)32(28,29)30)21-22-15-10-16(31(25,26)27)12-5-3-4-6-13(12)19(15)24;;/h2-10,24H,1H2,(H,20,23)(H,25,26,27)(H,28,29,30);;/q;2*+1/p-2. The summed E-state index contributed by atoms with van der Waals surface area (Å²) in [5.41, 5.74) is -0.860. The first-order valence-corrected chi connectivity index (χ1v) is 11.4. The van der Waals surface area contributed by atoms with Gasteiger partial charge in [-0.2, -0.15) is 5.11 Å². The molecule has 0 aliphatic rings. The average Bonchev–Trinajstić information content (AvgIpc) is 2.72. The number of fused-ring (bicyclic) bond motifs is 1. The minimum Gasteiger partial charge on any atom is -0.744 e. The van der Waals surface area contributed by atoms with Gasteiger partial charge in [0, 0.05) is 10.8 Å². The molecule has 15 heteroatoms.